The fraction of sp³-hybridized carbons (Fsp3) is 0.409. The Morgan fingerprint density at radius 2 is 1.92 bits per heavy atom. The highest BCUT2D eigenvalue weighted by Crippen LogP contribution is 2.14. The molecule has 0 aromatic heterocycles. The normalized spacial score (nSPS) is 13.6. The van der Waals surface area contributed by atoms with Gasteiger partial charge in [0.1, 0.15) is 0 Å². The number of allylic oxidation sites excluding steroid dienone is 3. The Hall–Kier alpha value is -1.45. The van der Waals surface area contributed by atoms with Crippen molar-refractivity contribution in [1.29, 1.82) is 0 Å². The average Bonchev–Trinajstić information content (AvgIpc) is 2.59. The minimum atomic E-state index is 0.0724. The molecule has 2 nitrogen and oxygen atoms in total. The Morgan fingerprint density at radius 1 is 1.24 bits per heavy atom. The summed E-state index contributed by atoms with van der Waals surface area (Å²) >= 11 is 3.39. The molecular formula is C22H30BrNO. The molecule has 0 spiro atoms. The molecular weight excluding hydrogens is 374 g/mol. The van der Waals surface area contributed by atoms with Gasteiger partial charge in [-0.15, -0.1) is 6.58 Å². The van der Waals surface area contributed by atoms with Crippen molar-refractivity contribution >= 4 is 21.7 Å². The maximum Gasteiger partial charge on any atom is 0.185 e. The summed E-state index contributed by atoms with van der Waals surface area (Å²) in [5, 5.41) is 3.55. The van der Waals surface area contributed by atoms with Gasteiger partial charge in [0, 0.05) is 16.1 Å². The van der Waals surface area contributed by atoms with Crippen molar-refractivity contribution < 1.29 is 4.79 Å². The van der Waals surface area contributed by atoms with Gasteiger partial charge in [-0.3, -0.25) is 4.79 Å². The van der Waals surface area contributed by atoms with Gasteiger partial charge in [-0.05, 0) is 76.4 Å². The zero-order valence-corrected chi connectivity index (χ0v) is 17.2. The van der Waals surface area contributed by atoms with E-state index in [1.54, 1.807) is 6.08 Å². The Labute approximate surface area is 161 Å². The molecule has 0 aliphatic rings. The van der Waals surface area contributed by atoms with Crippen LogP contribution < -0.4 is 5.32 Å². The molecule has 1 atom stereocenters. The summed E-state index contributed by atoms with van der Waals surface area (Å²) in [5.74, 6) is 0.0724. The molecule has 0 saturated heterocycles. The summed E-state index contributed by atoms with van der Waals surface area (Å²) < 4.78 is 0.984. The van der Waals surface area contributed by atoms with Gasteiger partial charge in [-0.25, -0.2) is 0 Å². The Balaban J connectivity index is 2.53. The summed E-state index contributed by atoms with van der Waals surface area (Å²) in [6.07, 6.45) is 9.92. The minimum absolute atomic E-state index is 0.0724. The van der Waals surface area contributed by atoms with Crippen molar-refractivity contribution in [2.24, 2.45) is 0 Å². The van der Waals surface area contributed by atoms with Gasteiger partial charge in [0.05, 0.1) is 0 Å². The smallest absolute Gasteiger partial charge is 0.185 e. The van der Waals surface area contributed by atoms with Crippen molar-refractivity contribution in [2.75, 3.05) is 6.54 Å². The molecule has 0 fully saturated rings. The van der Waals surface area contributed by atoms with Crippen LogP contribution in [0.1, 0.15) is 56.8 Å². The van der Waals surface area contributed by atoms with E-state index in [1.807, 2.05) is 37.3 Å². The van der Waals surface area contributed by atoms with Crippen molar-refractivity contribution in [3.8, 4) is 0 Å². The van der Waals surface area contributed by atoms with Gasteiger partial charge in [0.25, 0.3) is 0 Å². The highest BCUT2D eigenvalue weighted by atomic mass is 79.9. The first-order valence-corrected chi connectivity index (χ1v) is 9.75. The average molecular weight is 404 g/mol. The van der Waals surface area contributed by atoms with E-state index in [9.17, 15) is 4.79 Å². The van der Waals surface area contributed by atoms with Crippen LogP contribution in [-0.2, 0) is 0 Å². The summed E-state index contributed by atoms with van der Waals surface area (Å²) in [4.78, 5) is 12.2. The molecule has 0 radical (unpaired) electrons. The Kier molecular flexibility index (Phi) is 10.4. The second-order valence-electron chi connectivity index (χ2n) is 6.34. The predicted octanol–water partition coefficient (Wildman–Crippen LogP) is 6.25. The molecule has 0 heterocycles. The number of ketones is 1. The number of carbonyl (C=O) groups is 1. The van der Waals surface area contributed by atoms with Gasteiger partial charge in [-0.1, -0.05) is 46.2 Å². The van der Waals surface area contributed by atoms with E-state index < -0.39 is 0 Å². The zero-order chi connectivity index (χ0) is 18.7. The lowest BCUT2D eigenvalue weighted by Crippen LogP contribution is -2.30. The van der Waals surface area contributed by atoms with Crippen LogP contribution in [0.5, 0.6) is 0 Å². The van der Waals surface area contributed by atoms with E-state index in [2.05, 4.69) is 47.7 Å². The van der Waals surface area contributed by atoms with Crippen LogP contribution in [0, 0.1) is 0 Å². The summed E-state index contributed by atoms with van der Waals surface area (Å²) in [5.41, 5.74) is 3.22. The van der Waals surface area contributed by atoms with Crippen LogP contribution in [-0.4, -0.2) is 18.4 Å². The molecule has 0 bridgehead atoms. The van der Waals surface area contributed by atoms with E-state index in [-0.39, 0.29) is 5.78 Å². The van der Waals surface area contributed by atoms with Gasteiger partial charge < -0.3 is 5.32 Å². The highest BCUT2D eigenvalue weighted by Gasteiger charge is 2.07. The van der Waals surface area contributed by atoms with Crippen LogP contribution in [0.3, 0.4) is 0 Å². The van der Waals surface area contributed by atoms with Crippen molar-refractivity contribution in [3.63, 3.8) is 0 Å². The lowest BCUT2D eigenvalue weighted by Gasteiger charge is -2.17. The molecule has 0 aliphatic heterocycles. The van der Waals surface area contributed by atoms with Gasteiger partial charge in [0.15, 0.2) is 5.78 Å². The molecule has 1 N–H and O–H groups in total. The molecule has 3 heteroatoms. The largest absolute Gasteiger partial charge is 0.310 e. The van der Waals surface area contributed by atoms with E-state index >= 15 is 0 Å². The quantitative estimate of drug-likeness (QED) is 0.204. The fourth-order valence-electron chi connectivity index (χ4n) is 2.65. The molecule has 1 aromatic rings. The third-order valence-electron chi connectivity index (χ3n) is 4.21. The van der Waals surface area contributed by atoms with Gasteiger partial charge >= 0.3 is 0 Å². The lowest BCUT2D eigenvalue weighted by molar-refractivity contribution is 0.104. The van der Waals surface area contributed by atoms with Crippen LogP contribution in [0.15, 0.2) is 64.7 Å². The number of hydrogen-bond acceptors (Lipinski definition) is 2. The van der Waals surface area contributed by atoms with Crippen LogP contribution in [0.25, 0.3) is 0 Å². The summed E-state index contributed by atoms with van der Waals surface area (Å²) in [7, 11) is 0. The maximum absolute atomic E-state index is 12.2. The maximum atomic E-state index is 12.2. The third kappa shape index (κ3) is 8.46. The fourth-order valence-corrected chi connectivity index (χ4v) is 2.91. The molecule has 25 heavy (non-hydrogen) atoms. The monoisotopic (exact) mass is 403 g/mol. The second kappa shape index (κ2) is 12.0. The first-order chi connectivity index (χ1) is 12.0. The first kappa shape index (κ1) is 21.6. The van der Waals surface area contributed by atoms with E-state index in [1.165, 1.54) is 5.57 Å². The number of carbonyl (C=O) groups excluding carboxylic acids is 1. The number of hydrogen-bond donors (Lipinski definition) is 1. The Bertz CT molecular complexity index is 613. The van der Waals surface area contributed by atoms with Crippen molar-refractivity contribution in [1.82, 2.24) is 5.32 Å². The van der Waals surface area contributed by atoms with Crippen LogP contribution >= 0.6 is 15.9 Å². The van der Waals surface area contributed by atoms with Gasteiger partial charge in [-0.2, -0.15) is 0 Å². The number of rotatable bonds is 11. The molecule has 0 aliphatic carbocycles. The van der Waals surface area contributed by atoms with Crippen LogP contribution in [0.4, 0.5) is 0 Å². The molecule has 1 aromatic carbocycles. The lowest BCUT2D eigenvalue weighted by atomic mass is 10.0. The molecule has 0 amide bonds. The first-order valence-electron chi connectivity index (χ1n) is 8.96. The molecule has 136 valence electrons. The number of halogens is 1. The molecule has 0 saturated carbocycles. The predicted molar refractivity (Wildman–Crippen MR) is 112 cm³/mol. The van der Waals surface area contributed by atoms with Crippen molar-refractivity contribution in [2.45, 2.75) is 52.5 Å². The van der Waals surface area contributed by atoms with Gasteiger partial charge in [0.2, 0.25) is 0 Å². The van der Waals surface area contributed by atoms with E-state index in [0.717, 1.165) is 47.8 Å². The van der Waals surface area contributed by atoms with Crippen molar-refractivity contribution in [3.05, 3.63) is 70.3 Å². The SMILES string of the molecule is C=CCCNC(CC)C(C)=CCCC(C)=CC(=O)c1ccc(Br)cc1. The van der Waals surface area contributed by atoms with E-state index in [4.69, 9.17) is 0 Å². The minimum Gasteiger partial charge on any atom is -0.310 e. The second-order valence-corrected chi connectivity index (χ2v) is 7.26. The topological polar surface area (TPSA) is 29.1 Å². The third-order valence-corrected chi connectivity index (χ3v) is 4.74. The van der Waals surface area contributed by atoms with Crippen LogP contribution in [0.2, 0.25) is 0 Å². The standard InChI is InChI=1S/C22H30BrNO/c1-5-7-15-24-21(6-2)18(4)10-8-9-17(3)16-22(25)19-11-13-20(23)14-12-19/h5,10-14,16,21,24H,1,6-9,15H2,2-4H3. The summed E-state index contributed by atoms with van der Waals surface area (Å²) in [6.45, 7) is 11.1. The number of nitrogens with one attached hydrogen (secondary N) is 1. The highest BCUT2D eigenvalue weighted by molar-refractivity contribution is 9.10. The van der Waals surface area contributed by atoms with E-state index in [0.29, 0.717) is 6.04 Å². The zero-order valence-electron chi connectivity index (χ0n) is 15.6. The number of benzene rings is 1. The Morgan fingerprint density at radius 3 is 2.52 bits per heavy atom. The molecule has 1 unspecified atom stereocenters. The molecule has 1 rings (SSSR count). The summed E-state index contributed by atoms with van der Waals surface area (Å²) in [6, 6.07) is 7.91.